The molecule has 112 valence electrons. The molecule has 2 rings (SSSR count). The highest BCUT2D eigenvalue weighted by Gasteiger charge is 2.14. The van der Waals surface area contributed by atoms with Gasteiger partial charge in [0.05, 0.1) is 10.6 Å². The molecule has 3 N–H and O–H groups in total. The Balaban J connectivity index is 2.32. The molecule has 0 fully saturated rings. The quantitative estimate of drug-likeness (QED) is 0.653. The number of nitrogen functional groups attached to an aromatic ring is 1. The third-order valence-corrected chi connectivity index (χ3v) is 5.01. The molecule has 0 bridgehead atoms. The molecule has 0 aliphatic carbocycles. The highest BCUT2D eigenvalue weighted by atomic mass is 32.2. The van der Waals surface area contributed by atoms with Crippen LogP contribution in [0.1, 0.15) is 0 Å². The van der Waals surface area contributed by atoms with E-state index >= 15 is 0 Å². The lowest BCUT2D eigenvalue weighted by Gasteiger charge is -2.11. The molecule has 0 spiro atoms. The van der Waals surface area contributed by atoms with Crippen molar-refractivity contribution in [2.75, 3.05) is 19.0 Å². The predicted molar refractivity (Wildman–Crippen MR) is 85.4 cm³/mol. The zero-order chi connectivity index (χ0) is 15.5. The van der Waals surface area contributed by atoms with Crippen LogP contribution in [0.3, 0.4) is 0 Å². The van der Waals surface area contributed by atoms with Gasteiger partial charge in [0, 0.05) is 11.0 Å². The van der Waals surface area contributed by atoms with Crippen molar-refractivity contribution in [3.8, 4) is 11.5 Å². The number of anilines is 1. The summed E-state index contributed by atoms with van der Waals surface area (Å²) in [5.41, 5.74) is 6.21. The molecule has 0 unspecified atom stereocenters. The molecule has 0 saturated carbocycles. The molecule has 2 aromatic rings. The van der Waals surface area contributed by atoms with Gasteiger partial charge in [-0.25, -0.2) is 13.1 Å². The van der Waals surface area contributed by atoms with Crippen LogP contribution in [0.15, 0.2) is 52.3 Å². The molecule has 0 aromatic heterocycles. The fourth-order valence-corrected chi connectivity index (χ4v) is 2.81. The van der Waals surface area contributed by atoms with Gasteiger partial charge in [-0.3, -0.25) is 0 Å². The number of ether oxygens (including phenoxy) is 1. The van der Waals surface area contributed by atoms with Crippen LogP contribution < -0.4 is 15.2 Å². The Morgan fingerprint density at radius 3 is 2.38 bits per heavy atom. The van der Waals surface area contributed by atoms with Gasteiger partial charge < -0.3 is 10.5 Å². The van der Waals surface area contributed by atoms with Crippen molar-refractivity contribution in [3.63, 3.8) is 0 Å². The fraction of sp³-hybridized carbons (Fsp3) is 0.143. The zero-order valence-corrected chi connectivity index (χ0v) is 13.3. The molecule has 21 heavy (non-hydrogen) atoms. The highest BCUT2D eigenvalue weighted by molar-refractivity contribution is 7.98. The van der Waals surface area contributed by atoms with E-state index in [1.165, 1.54) is 25.2 Å². The van der Waals surface area contributed by atoms with Crippen LogP contribution in [0, 0.1) is 0 Å². The molecular formula is C14H16N2O3S2. The number of hydrogen-bond donors (Lipinski definition) is 2. The fourth-order valence-electron chi connectivity index (χ4n) is 1.66. The summed E-state index contributed by atoms with van der Waals surface area (Å²) in [5, 5.41) is 0. The van der Waals surface area contributed by atoms with Gasteiger partial charge in [0.1, 0.15) is 5.75 Å². The minimum atomic E-state index is -3.53. The molecular weight excluding hydrogens is 308 g/mol. The summed E-state index contributed by atoms with van der Waals surface area (Å²) in [6.45, 7) is 0. The topological polar surface area (TPSA) is 81.4 Å². The first-order valence-corrected chi connectivity index (χ1v) is 8.82. The van der Waals surface area contributed by atoms with E-state index in [1.54, 1.807) is 11.8 Å². The second-order valence-electron chi connectivity index (χ2n) is 4.18. The lowest BCUT2D eigenvalue weighted by molar-refractivity contribution is 0.482. The molecule has 0 heterocycles. The third kappa shape index (κ3) is 3.69. The van der Waals surface area contributed by atoms with Crippen molar-refractivity contribution in [2.45, 2.75) is 9.79 Å². The average molecular weight is 324 g/mol. The molecule has 7 heteroatoms. The van der Waals surface area contributed by atoms with Crippen LogP contribution in [0.2, 0.25) is 0 Å². The first-order valence-electron chi connectivity index (χ1n) is 6.11. The molecule has 0 amide bonds. The van der Waals surface area contributed by atoms with Crippen molar-refractivity contribution in [1.29, 1.82) is 0 Å². The first-order chi connectivity index (χ1) is 9.96. The lowest BCUT2D eigenvalue weighted by atomic mass is 10.3. The maximum atomic E-state index is 11.8. The average Bonchev–Trinajstić information content (AvgIpc) is 2.50. The molecule has 0 atom stereocenters. The Bertz CT molecular complexity index is 728. The van der Waals surface area contributed by atoms with E-state index in [2.05, 4.69) is 4.72 Å². The van der Waals surface area contributed by atoms with E-state index < -0.39 is 10.0 Å². The van der Waals surface area contributed by atoms with Crippen molar-refractivity contribution < 1.29 is 13.2 Å². The monoisotopic (exact) mass is 324 g/mol. The van der Waals surface area contributed by atoms with E-state index in [9.17, 15) is 8.42 Å². The Kier molecular flexibility index (Phi) is 4.76. The minimum Gasteiger partial charge on any atom is -0.455 e. The Labute approximate surface area is 128 Å². The summed E-state index contributed by atoms with van der Waals surface area (Å²) < 4.78 is 31.5. The molecule has 0 radical (unpaired) electrons. The van der Waals surface area contributed by atoms with Crippen LogP contribution in [0.4, 0.5) is 5.69 Å². The summed E-state index contributed by atoms with van der Waals surface area (Å²) in [7, 11) is -2.17. The first kappa shape index (κ1) is 15.7. The normalized spacial score (nSPS) is 11.3. The number of rotatable bonds is 5. The van der Waals surface area contributed by atoms with Crippen molar-refractivity contribution in [2.24, 2.45) is 0 Å². The number of nitrogens with two attached hydrogens (primary N) is 1. The van der Waals surface area contributed by atoms with E-state index in [-0.39, 0.29) is 4.90 Å². The Morgan fingerprint density at radius 2 is 1.81 bits per heavy atom. The van der Waals surface area contributed by atoms with Gasteiger partial charge >= 0.3 is 0 Å². The van der Waals surface area contributed by atoms with E-state index in [4.69, 9.17) is 10.5 Å². The number of nitrogens with one attached hydrogen (secondary N) is 1. The van der Waals surface area contributed by atoms with Crippen molar-refractivity contribution >= 4 is 27.5 Å². The Morgan fingerprint density at radius 1 is 1.14 bits per heavy atom. The van der Waals surface area contributed by atoms with E-state index in [0.29, 0.717) is 17.2 Å². The van der Waals surface area contributed by atoms with Crippen LogP contribution in [0.5, 0.6) is 11.5 Å². The van der Waals surface area contributed by atoms with Crippen LogP contribution in [-0.4, -0.2) is 21.7 Å². The summed E-state index contributed by atoms with van der Waals surface area (Å²) in [5.74, 6) is 0.904. The lowest BCUT2D eigenvalue weighted by Crippen LogP contribution is -2.18. The van der Waals surface area contributed by atoms with Gasteiger partial charge in [-0.15, -0.1) is 11.8 Å². The van der Waals surface area contributed by atoms with Crippen molar-refractivity contribution in [3.05, 3.63) is 42.5 Å². The molecule has 2 aromatic carbocycles. The summed E-state index contributed by atoms with van der Waals surface area (Å²) in [6, 6.07) is 11.8. The van der Waals surface area contributed by atoms with E-state index in [1.807, 2.05) is 30.5 Å². The van der Waals surface area contributed by atoms with Gasteiger partial charge in [0.25, 0.3) is 0 Å². The van der Waals surface area contributed by atoms with Gasteiger partial charge in [0.2, 0.25) is 10.0 Å². The SMILES string of the molecule is CNS(=O)(=O)c1ccc(N)c(Oc2ccc(SC)cc2)c1. The summed E-state index contributed by atoms with van der Waals surface area (Å²) in [4.78, 5) is 1.22. The van der Waals surface area contributed by atoms with Crippen LogP contribution in [0.25, 0.3) is 0 Å². The van der Waals surface area contributed by atoms with Gasteiger partial charge in [0.15, 0.2) is 5.75 Å². The van der Waals surface area contributed by atoms with E-state index in [0.717, 1.165) is 4.90 Å². The minimum absolute atomic E-state index is 0.106. The number of thioether (sulfide) groups is 1. The highest BCUT2D eigenvalue weighted by Crippen LogP contribution is 2.30. The second kappa shape index (κ2) is 6.38. The Hall–Kier alpha value is -1.70. The summed E-state index contributed by atoms with van der Waals surface area (Å²) >= 11 is 1.63. The smallest absolute Gasteiger partial charge is 0.240 e. The molecule has 5 nitrogen and oxygen atoms in total. The van der Waals surface area contributed by atoms with Gasteiger partial charge in [-0.05, 0) is 49.7 Å². The molecule has 0 aliphatic rings. The molecule has 0 saturated heterocycles. The number of benzene rings is 2. The van der Waals surface area contributed by atoms with Crippen LogP contribution in [-0.2, 0) is 10.0 Å². The van der Waals surface area contributed by atoms with Crippen molar-refractivity contribution in [1.82, 2.24) is 4.72 Å². The number of sulfonamides is 1. The van der Waals surface area contributed by atoms with Gasteiger partial charge in [-0.2, -0.15) is 0 Å². The third-order valence-electron chi connectivity index (χ3n) is 2.85. The van der Waals surface area contributed by atoms with Crippen LogP contribution >= 0.6 is 11.8 Å². The maximum Gasteiger partial charge on any atom is 0.240 e. The second-order valence-corrected chi connectivity index (χ2v) is 6.95. The number of hydrogen-bond acceptors (Lipinski definition) is 5. The zero-order valence-electron chi connectivity index (χ0n) is 11.7. The maximum absolute atomic E-state index is 11.8. The standard InChI is InChI=1S/C14H16N2O3S2/c1-16-21(17,18)12-7-8-13(15)14(9-12)19-10-3-5-11(20-2)6-4-10/h3-9,16H,15H2,1-2H3. The predicted octanol–water partition coefficient (Wildman–Crippen LogP) is 2.69. The largest absolute Gasteiger partial charge is 0.455 e. The summed E-state index contributed by atoms with van der Waals surface area (Å²) in [6.07, 6.45) is 1.99. The van der Waals surface area contributed by atoms with Gasteiger partial charge in [-0.1, -0.05) is 0 Å². The molecule has 0 aliphatic heterocycles.